The molecule has 0 aliphatic carbocycles. The SMILES string of the molecule is CCCO.O.[CaH2]. The molecule has 0 unspecified atom stereocenters. The van der Waals surface area contributed by atoms with Crippen LogP contribution in [0.4, 0.5) is 0 Å². The van der Waals surface area contributed by atoms with Crippen molar-refractivity contribution in [3.05, 3.63) is 0 Å². The molecule has 0 saturated heterocycles. The van der Waals surface area contributed by atoms with Gasteiger partial charge in [0.15, 0.2) is 0 Å². The Labute approximate surface area is 67.9 Å². The third-order valence-electron chi connectivity index (χ3n) is 0.224. The van der Waals surface area contributed by atoms with E-state index in [1.165, 1.54) is 0 Å². The van der Waals surface area contributed by atoms with E-state index >= 15 is 0 Å². The van der Waals surface area contributed by atoms with Gasteiger partial charge >= 0.3 is 37.7 Å². The molecular weight excluding hydrogens is 108 g/mol. The minimum absolute atomic E-state index is 0. The first kappa shape index (κ1) is 15.7. The summed E-state index contributed by atoms with van der Waals surface area (Å²) in [4.78, 5) is 0. The van der Waals surface area contributed by atoms with Gasteiger partial charge in [0.25, 0.3) is 0 Å². The van der Waals surface area contributed by atoms with Crippen molar-refractivity contribution in [3.8, 4) is 0 Å². The van der Waals surface area contributed by atoms with Gasteiger partial charge in [-0.15, -0.1) is 0 Å². The molecule has 3 heteroatoms. The Balaban J connectivity index is -0.0000000450. The quantitative estimate of drug-likeness (QED) is 0.427. The maximum absolute atomic E-state index is 7.88. The van der Waals surface area contributed by atoms with E-state index in [1.807, 2.05) is 6.92 Å². The molecule has 2 nitrogen and oxygen atoms in total. The van der Waals surface area contributed by atoms with Crippen molar-refractivity contribution in [1.29, 1.82) is 0 Å². The average molecular weight is 120 g/mol. The van der Waals surface area contributed by atoms with E-state index in [-0.39, 0.29) is 43.2 Å². The van der Waals surface area contributed by atoms with E-state index in [0.29, 0.717) is 6.61 Å². The Morgan fingerprint density at radius 1 is 1.50 bits per heavy atom. The molecule has 38 valence electrons. The number of hydrogen-bond acceptors (Lipinski definition) is 1. The Bertz CT molecular complexity index is 10.8. The second-order valence-electron chi connectivity index (χ2n) is 0.724. The van der Waals surface area contributed by atoms with Crippen LogP contribution in [0.2, 0.25) is 0 Å². The summed E-state index contributed by atoms with van der Waals surface area (Å²) >= 11 is 0. The van der Waals surface area contributed by atoms with E-state index in [9.17, 15) is 0 Å². The van der Waals surface area contributed by atoms with Gasteiger partial charge in [-0.1, -0.05) is 6.92 Å². The van der Waals surface area contributed by atoms with Crippen molar-refractivity contribution in [1.82, 2.24) is 0 Å². The van der Waals surface area contributed by atoms with Crippen LogP contribution in [0, 0.1) is 0 Å². The van der Waals surface area contributed by atoms with Gasteiger partial charge in [0.2, 0.25) is 0 Å². The first-order valence-electron chi connectivity index (χ1n) is 1.52. The van der Waals surface area contributed by atoms with Crippen molar-refractivity contribution >= 4 is 37.7 Å². The van der Waals surface area contributed by atoms with Crippen LogP contribution >= 0.6 is 0 Å². The summed E-state index contributed by atoms with van der Waals surface area (Å²) in [5.41, 5.74) is 0. The maximum atomic E-state index is 7.88. The van der Waals surface area contributed by atoms with Crippen molar-refractivity contribution < 1.29 is 10.6 Å². The van der Waals surface area contributed by atoms with E-state index in [1.54, 1.807) is 0 Å². The van der Waals surface area contributed by atoms with Gasteiger partial charge in [0.05, 0.1) is 0 Å². The summed E-state index contributed by atoms with van der Waals surface area (Å²) in [7, 11) is 0. The molecule has 3 N–H and O–H groups in total. The molecule has 0 radical (unpaired) electrons. The molecule has 0 aromatic carbocycles. The number of aliphatic hydroxyl groups is 1. The third kappa shape index (κ3) is 19.0. The van der Waals surface area contributed by atoms with Crippen LogP contribution in [0.5, 0.6) is 0 Å². The van der Waals surface area contributed by atoms with Crippen molar-refractivity contribution in [2.45, 2.75) is 13.3 Å². The van der Waals surface area contributed by atoms with Crippen LogP contribution in [0.3, 0.4) is 0 Å². The minimum atomic E-state index is 0. The Kier molecular flexibility index (Phi) is 42.9. The van der Waals surface area contributed by atoms with Gasteiger partial charge in [-0.3, -0.25) is 0 Å². The zero-order valence-corrected chi connectivity index (χ0v) is 3.36. The molecular formula is C3H12CaO2. The van der Waals surface area contributed by atoms with Gasteiger partial charge in [-0.05, 0) is 6.42 Å². The first-order valence-corrected chi connectivity index (χ1v) is 1.52. The van der Waals surface area contributed by atoms with Crippen LogP contribution in [-0.2, 0) is 0 Å². The molecule has 0 spiro atoms. The summed E-state index contributed by atoms with van der Waals surface area (Å²) in [6, 6.07) is 0. The number of aliphatic hydroxyl groups excluding tert-OH is 1. The van der Waals surface area contributed by atoms with Crippen LogP contribution in [-0.4, -0.2) is 54.9 Å². The van der Waals surface area contributed by atoms with E-state index in [2.05, 4.69) is 0 Å². The van der Waals surface area contributed by atoms with Gasteiger partial charge in [0, 0.05) is 6.61 Å². The summed E-state index contributed by atoms with van der Waals surface area (Å²) in [5, 5.41) is 7.88. The second kappa shape index (κ2) is 16.4. The van der Waals surface area contributed by atoms with Crippen LogP contribution < -0.4 is 0 Å². The molecule has 0 atom stereocenters. The standard InChI is InChI=1S/C3H8O.Ca.H2O.2H/c1-2-3-4;;;;/h4H,2-3H2,1H3;;1H2;;. The Morgan fingerprint density at radius 2 is 1.67 bits per heavy atom. The molecule has 0 aromatic rings. The molecule has 0 aliphatic rings. The molecule has 0 aromatic heterocycles. The molecule has 0 bridgehead atoms. The third-order valence-corrected chi connectivity index (χ3v) is 0.224. The fourth-order valence-electron chi connectivity index (χ4n) is 0. The van der Waals surface area contributed by atoms with E-state index in [0.717, 1.165) is 6.42 Å². The van der Waals surface area contributed by atoms with Crippen molar-refractivity contribution in [3.63, 3.8) is 0 Å². The predicted molar refractivity (Wildman–Crippen MR) is 29.5 cm³/mol. The van der Waals surface area contributed by atoms with Crippen molar-refractivity contribution in [2.24, 2.45) is 0 Å². The van der Waals surface area contributed by atoms with Crippen LogP contribution in [0.1, 0.15) is 13.3 Å². The van der Waals surface area contributed by atoms with Gasteiger partial charge in [-0.2, -0.15) is 0 Å². The zero-order valence-electron chi connectivity index (χ0n) is 3.36. The van der Waals surface area contributed by atoms with Gasteiger partial charge in [-0.25, -0.2) is 0 Å². The van der Waals surface area contributed by atoms with E-state index < -0.39 is 0 Å². The fourth-order valence-corrected chi connectivity index (χ4v) is 0. The molecule has 0 heterocycles. The normalized spacial score (nSPS) is 5.00. The number of rotatable bonds is 1. The molecule has 6 heavy (non-hydrogen) atoms. The molecule has 0 rings (SSSR count). The average Bonchev–Trinajstić information content (AvgIpc) is 1.37. The second-order valence-corrected chi connectivity index (χ2v) is 0.724. The van der Waals surface area contributed by atoms with Gasteiger partial charge in [0.1, 0.15) is 0 Å². The first-order chi connectivity index (χ1) is 1.91. The summed E-state index contributed by atoms with van der Waals surface area (Å²) in [6.07, 6.45) is 0.875. The Hall–Kier alpha value is 1.18. The van der Waals surface area contributed by atoms with Gasteiger partial charge < -0.3 is 10.6 Å². The molecule has 0 saturated carbocycles. The molecule has 0 amide bonds. The molecule has 0 fully saturated rings. The molecule has 0 aliphatic heterocycles. The fraction of sp³-hybridized carbons (Fsp3) is 1.00. The summed E-state index contributed by atoms with van der Waals surface area (Å²) in [5.74, 6) is 0. The topological polar surface area (TPSA) is 51.7 Å². The predicted octanol–water partition coefficient (Wildman–Crippen LogP) is -1.35. The summed E-state index contributed by atoms with van der Waals surface area (Å²) in [6.45, 7) is 2.25. The number of hydrogen-bond donors (Lipinski definition) is 1. The monoisotopic (exact) mass is 120 g/mol. The van der Waals surface area contributed by atoms with Crippen molar-refractivity contribution in [2.75, 3.05) is 6.61 Å². The Morgan fingerprint density at radius 3 is 1.67 bits per heavy atom. The van der Waals surface area contributed by atoms with E-state index in [4.69, 9.17) is 5.11 Å². The summed E-state index contributed by atoms with van der Waals surface area (Å²) < 4.78 is 0. The van der Waals surface area contributed by atoms with Crippen LogP contribution in [0.25, 0.3) is 0 Å². The zero-order chi connectivity index (χ0) is 3.41. The van der Waals surface area contributed by atoms with Crippen LogP contribution in [0.15, 0.2) is 0 Å².